The molecule has 3 aromatic rings. The van der Waals surface area contributed by atoms with E-state index in [4.69, 9.17) is 5.73 Å². The fraction of sp³-hybridized carbons (Fsp3) is 0. The number of nitrogens with zero attached hydrogens (tertiary/aromatic N) is 4. The van der Waals surface area contributed by atoms with Crippen LogP contribution >= 0.6 is 15.9 Å². The quantitative estimate of drug-likeness (QED) is 0.789. The molecule has 0 spiro atoms. The number of anilines is 1. The topological polar surface area (TPSA) is 69.6 Å². The molecular formula is C13H10BrN5. The highest BCUT2D eigenvalue weighted by Gasteiger charge is 2.09. The van der Waals surface area contributed by atoms with Gasteiger partial charge < -0.3 is 5.73 Å². The number of aromatic nitrogens is 4. The van der Waals surface area contributed by atoms with Crippen molar-refractivity contribution in [2.24, 2.45) is 0 Å². The Kier molecular flexibility index (Phi) is 3.00. The average Bonchev–Trinajstić information content (AvgIpc) is 2.83. The third kappa shape index (κ3) is 2.34. The Labute approximate surface area is 118 Å². The first-order valence-corrected chi connectivity index (χ1v) is 6.41. The number of halogens is 1. The summed E-state index contributed by atoms with van der Waals surface area (Å²) >= 11 is 3.35. The maximum atomic E-state index is 6.00. The van der Waals surface area contributed by atoms with Crippen LogP contribution in [-0.2, 0) is 0 Å². The van der Waals surface area contributed by atoms with Gasteiger partial charge in [0.1, 0.15) is 5.69 Å². The van der Waals surface area contributed by atoms with E-state index in [1.807, 2.05) is 24.3 Å². The molecule has 0 amide bonds. The molecule has 0 saturated carbocycles. The zero-order valence-electron chi connectivity index (χ0n) is 9.86. The second-order valence-corrected chi connectivity index (χ2v) is 4.86. The van der Waals surface area contributed by atoms with Crippen LogP contribution in [0.3, 0.4) is 0 Å². The smallest absolute Gasteiger partial charge is 0.153 e. The Bertz CT molecular complexity index is 691. The van der Waals surface area contributed by atoms with Crippen molar-refractivity contribution in [1.29, 1.82) is 0 Å². The summed E-state index contributed by atoms with van der Waals surface area (Å²) in [6.07, 6.45) is 6.91. The molecule has 2 N–H and O–H groups in total. The van der Waals surface area contributed by atoms with Gasteiger partial charge in [-0.2, -0.15) is 5.10 Å². The molecule has 0 aliphatic carbocycles. The van der Waals surface area contributed by atoms with E-state index in [9.17, 15) is 0 Å². The second-order valence-electron chi connectivity index (χ2n) is 3.95. The molecular weight excluding hydrogens is 306 g/mol. The molecule has 3 heterocycles. The molecule has 19 heavy (non-hydrogen) atoms. The lowest BCUT2D eigenvalue weighted by Gasteiger charge is -1.99. The maximum Gasteiger partial charge on any atom is 0.153 e. The third-order valence-electron chi connectivity index (χ3n) is 2.64. The van der Waals surface area contributed by atoms with Crippen molar-refractivity contribution in [1.82, 2.24) is 19.7 Å². The molecule has 6 heteroatoms. The van der Waals surface area contributed by atoms with Crippen LogP contribution in [0.15, 0.2) is 53.5 Å². The Morgan fingerprint density at radius 1 is 1.11 bits per heavy atom. The van der Waals surface area contributed by atoms with Gasteiger partial charge in [-0.25, -0.2) is 9.67 Å². The predicted molar refractivity (Wildman–Crippen MR) is 76.7 cm³/mol. The molecule has 0 unspecified atom stereocenters. The normalized spacial score (nSPS) is 10.6. The molecule has 0 bridgehead atoms. The van der Waals surface area contributed by atoms with Gasteiger partial charge in [0.2, 0.25) is 0 Å². The van der Waals surface area contributed by atoms with E-state index in [0.717, 1.165) is 21.5 Å². The van der Waals surface area contributed by atoms with E-state index in [1.54, 1.807) is 29.5 Å². The highest BCUT2D eigenvalue weighted by Crippen LogP contribution is 2.24. The summed E-state index contributed by atoms with van der Waals surface area (Å²) in [4.78, 5) is 8.26. The van der Waals surface area contributed by atoms with E-state index in [-0.39, 0.29) is 0 Å². The van der Waals surface area contributed by atoms with Crippen LogP contribution < -0.4 is 5.73 Å². The van der Waals surface area contributed by atoms with Crippen molar-refractivity contribution < 1.29 is 0 Å². The third-order valence-corrected chi connectivity index (χ3v) is 3.11. The summed E-state index contributed by atoms with van der Waals surface area (Å²) in [6, 6.07) is 7.52. The molecule has 0 aliphatic heterocycles. The van der Waals surface area contributed by atoms with Gasteiger partial charge in [0.15, 0.2) is 5.82 Å². The van der Waals surface area contributed by atoms with Crippen LogP contribution in [0.1, 0.15) is 0 Å². The lowest BCUT2D eigenvalue weighted by atomic mass is 10.2. The van der Waals surface area contributed by atoms with Crippen LogP contribution in [0.25, 0.3) is 17.1 Å². The first-order chi connectivity index (χ1) is 9.24. The van der Waals surface area contributed by atoms with Gasteiger partial charge >= 0.3 is 0 Å². The van der Waals surface area contributed by atoms with Crippen molar-refractivity contribution in [2.45, 2.75) is 0 Å². The summed E-state index contributed by atoms with van der Waals surface area (Å²) in [5.74, 6) is 0.718. The Hall–Kier alpha value is -2.21. The minimum Gasteiger partial charge on any atom is -0.396 e. The first kappa shape index (κ1) is 11.9. The zero-order chi connectivity index (χ0) is 13.2. The minimum absolute atomic E-state index is 0.607. The first-order valence-electron chi connectivity index (χ1n) is 5.61. The van der Waals surface area contributed by atoms with Gasteiger partial charge in [-0.15, -0.1) is 0 Å². The zero-order valence-corrected chi connectivity index (χ0v) is 11.4. The van der Waals surface area contributed by atoms with Gasteiger partial charge in [0.25, 0.3) is 0 Å². The van der Waals surface area contributed by atoms with E-state index in [0.29, 0.717) is 5.69 Å². The van der Waals surface area contributed by atoms with E-state index in [1.165, 1.54) is 0 Å². The van der Waals surface area contributed by atoms with Crippen molar-refractivity contribution in [3.05, 3.63) is 53.5 Å². The van der Waals surface area contributed by atoms with Crippen LogP contribution in [-0.4, -0.2) is 19.7 Å². The van der Waals surface area contributed by atoms with Crippen molar-refractivity contribution in [3.8, 4) is 17.1 Å². The Morgan fingerprint density at radius 3 is 2.58 bits per heavy atom. The standard InChI is InChI=1S/C13H10BrN5/c14-10-1-2-12(17-7-10)19-8-11(15)13(18-19)9-3-5-16-6-4-9/h1-8H,15H2. The fourth-order valence-electron chi connectivity index (χ4n) is 1.74. The molecule has 0 aliphatic rings. The Morgan fingerprint density at radius 2 is 1.89 bits per heavy atom. The van der Waals surface area contributed by atoms with Crippen molar-refractivity contribution >= 4 is 21.6 Å². The van der Waals surface area contributed by atoms with Crippen LogP contribution in [0, 0.1) is 0 Å². The fourth-order valence-corrected chi connectivity index (χ4v) is 1.98. The lowest BCUT2D eigenvalue weighted by molar-refractivity contribution is 0.849. The molecule has 0 atom stereocenters. The van der Waals surface area contributed by atoms with Crippen LogP contribution in [0.4, 0.5) is 5.69 Å². The summed E-state index contributed by atoms with van der Waals surface area (Å²) < 4.78 is 2.59. The SMILES string of the molecule is Nc1cn(-c2ccc(Br)cn2)nc1-c1ccncc1. The summed E-state index contributed by atoms with van der Waals surface area (Å²) in [6.45, 7) is 0. The van der Waals surface area contributed by atoms with Gasteiger partial charge in [-0.3, -0.25) is 4.98 Å². The number of rotatable bonds is 2. The average molecular weight is 316 g/mol. The van der Waals surface area contributed by atoms with Crippen LogP contribution in [0.5, 0.6) is 0 Å². The molecule has 0 radical (unpaired) electrons. The second kappa shape index (κ2) is 4.81. The molecule has 94 valence electrons. The van der Waals surface area contributed by atoms with Crippen molar-refractivity contribution in [3.63, 3.8) is 0 Å². The highest BCUT2D eigenvalue weighted by molar-refractivity contribution is 9.10. The van der Waals surface area contributed by atoms with Gasteiger partial charge in [-0.1, -0.05) is 0 Å². The summed E-state index contributed by atoms with van der Waals surface area (Å²) in [5, 5.41) is 4.47. The minimum atomic E-state index is 0.607. The molecule has 3 aromatic heterocycles. The van der Waals surface area contributed by atoms with E-state index in [2.05, 4.69) is 31.0 Å². The predicted octanol–water partition coefficient (Wildman–Crippen LogP) is 2.67. The van der Waals surface area contributed by atoms with E-state index >= 15 is 0 Å². The molecule has 0 saturated heterocycles. The Balaban J connectivity index is 2.04. The van der Waals surface area contributed by atoms with Gasteiger partial charge in [-0.05, 0) is 40.2 Å². The maximum absolute atomic E-state index is 6.00. The number of nitrogen functional groups attached to an aromatic ring is 1. The summed E-state index contributed by atoms with van der Waals surface area (Å²) in [7, 11) is 0. The lowest BCUT2D eigenvalue weighted by Crippen LogP contribution is -1.97. The number of pyridine rings is 2. The number of nitrogens with two attached hydrogens (primary N) is 1. The van der Waals surface area contributed by atoms with E-state index < -0.39 is 0 Å². The van der Waals surface area contributed by atoms with Gasteiger partial charge in [0, 0.05) is 28.6 Å². The highest BCUT2D eigenvalue weighted by atomic mass is 79.9. The number of hydrogen-bond acceptors (Lipinski definition) is 4. The van der Waals surface area contributed by atoms with Gasteiger partial charge in [0.05, 0.1) is 11.9 Å². The molecule has 5 nitrogen and oxygen atoms in total. The van der Waals surface area contributed by atoms with Crippen molar-refractivity contribution in [2.75, 3.05) is 5.73 Å². The number of hydrogen-bond donors (Lipinski definition) is 1. The van der Waals surface area contributed by atoms with Crippen LogP contribution in [0.2, 0.25) is 0 Å². The summed E-state index contributed by atoms with van der Waals surface area (Å²) in [5.41, 5.74) is 8.27. The monoisotopic (exact) mass is 315 g/mol. The largest absolute Gasteiger partial charge is 0.396 e. The molecule has 0 aromatic carbocycles. The molecule has 3 rings (SSSR count). The molecule has 0 fully saturated rings.